The number of fused-ring (bicyclic) bond motifs is 2. The minimum Gasteiger partial charge on any atom is -0.391 e. The number of benzene rings is 1. The van der Waals surface area contributed by atoms with Crippen molar-refractivity contribution in [2.24, 2.45) is 0 Å². The average molecular weight is 411 g/mol. The van der Waals surface area contributed by atoms with E-state index in [1.54, 1.807) is 29.8 Å². The molecule has 4 aromatic rings. The van der Waals surface area contributed by atoms with E-state index in [1.165, 1.54) is 23.0 Å². The zero-order valence-corrected chi connectivity index (χ0v) is 16.1. The summed E-state index contributed by atoms with van der Waals surface area (Å²) in [5.41, 5.74) is 1.32. The molecule has 1 aromatic carbocycles. The normalized spacial score (nSPS) is 19.6. The summed E-state index contributed by atoms with van der Waals surface area (Å²) in [5, 5.41) is 13.2. The summed E-state index contributed by atoms with van der Waals surface area (Å²) in [6.07, 6.45) is 4.46. The molecule has 0 radical (unpaired) electrons. The van der Waals surface area contributed by atoms with Crippen molar-refractivity contribution in [3.05, 3.63) is 64.6 Å². The van der Waals surface area contributed by atoms with Crippen LogP contribution in [0.1, 0.15) is 18.2 Å². The average Bonchev–Trinajstić information content (AvgIpc) is 3.09. The molecule has 0 saturated carbocycles. The first kappa shape index (κ1) is 18.8. The highest BCUT2D eigenvalue weighted by atomic mass is 19.1. The topological polar surface area (TPSA) is 84.5 Å². The van der Waals surface area contributed by atoms with E-state index in [2.05, 4.69) is 15.3 Å². The molecule has 2 atom stereocenters. The van der Waals surface area contributed by atoms with Crippen LogP contribution in [-0.4, -0.2) is 43.2 Å². The lowest BCUT2D eigenvalue weighted by Crippen LogP contribution is -2.44. The Morgan fingerprint density at radius 3 is 2.77 bits per heavy atom. The van der Waals surface area contributed by atoms with Crippen molar-refractivity contribution in [1.82, 2.24) is 24.3 Å². The van der Waals surface area contributed by atoms with Gasteiger partial charge in [-0.3, -0.25) is 9.36 Å². The number of imidazole rings is 1. The lowest BCUT2D eigenvalue weighted by Gasteiger charge is -2.29. The fourth-order valence-electron chi connectivity index (χ4n) is 4.06. The Bertz CT molecular complexity index is 1350. The van der Waals surface area contributed by atoms with Crippen LogP contribution in [0.4, 0.5) is 8.78 Å². The number of aryl methyl sites for hydroxylation is 1. The molecule has 5 rings (SSSR count). The minimum absolute atomic E-state index is 0.154. The maximum absolute atomic E-state index is 15.0. The molecule has 0 aliphatic carbocycles. The first-order chi connectivity index (χ1) is 14.4. The SMILES string of the molecule is Cc1cn2cc(-c3cc(F)c4c(=O)n([C@@H]5CNCC[C@@H]5O)cnc4c3)cc(F)c2n1. The fourth-order valence-corrected chi connectivity index (χ4v) is 4.06. The zero-order valence-electron chi connectivity index (χ0n) is 16.1. The van der Waals surface area contributed by atoms with Gasteiger partial charge in [-0.2, -0.15) is 0 Å². The van der Waals surface area contributed by atoms with E-state index in [-0.39, 0.29) is 16.6 Å². The number of nitrogens with zero attached hydrogens (tertiary/aromatic N) is 4. The second-order valence-electron chi connectivity index (χ2n) is 7.63. The Morgan fingerprint density at radius 1 is 1.17 bits per heavy atom. The van der Waals surface area contributed by atoms with Crippen LogP contribution in [0.25, 0.3) is 27.7 Å². The zero-order chi connectivity index (χ0) is 21.0. The van der Waals surface area contributed by atoms with E-state index < -0.39 is 29.3 Å². The van der Waals surface area contributed by atoms with Crippen LogP contribution < -0.4 is 10.9 Å². The van der Waals surface area contributed by atoms with Crippen molar-refractivity contribution in [3.8, 4) is 11.1 Å². The number of aliphatic hydroxyl groups excluding tert-OH is 1. The maximum atomic E-state index is 15.0. The molecule has 154 valence electrons. The number of hydrogen-bond donors (Lipinski definition) is 2. The third-order valence-electron chi connectivity index (χ3n) is 5.57. The number of aliphatic hydroxyl groups is 1. The molecule has 1 fully saturated rings. The molecule has 7 nitrogen and oxygen atoms in total. The van der Waals surface area contributed by atoms with Crippen LogP contribution in [0.15, 0.2) is 41.7 Å². The van der Waals surface area contributed by atoms with Crippen molar-refractivity contribution >= 4 is 16.6 Å². The lowest BCUT2D eigenvalue weighted by atomic mass is 10.0. The summed E-state index contributed by atoms with van der Waals surface area (Å²) in [5.74, 6) is -1.27. The number of pyridine rings is 1. The molecule has 1 saturated heterocycles. The summed E-state index contributed by atoms with van der Waals surface area (Å²) < 4.78 is 32.3. The number of aromatic nitrogens is 4. The van der Waals surface area contributed by atoms with Crippen LogP contribution in [0.2, 0.25) is 0 Å². The van der Waals surface area contributed by atoms with Crippen LogP contribution in [0, 0.1) is 18.6 Å². The monoisotopic (exact) mass is 411 g/mol. The highest BCUT2D eigenvalue weighted by Gasteiger charge is 2.26. The number of piperidine rings is 1. The van der Waals surface area contributed by atoms with E-state index in [9.17, 15) is 14.3 Å². The van der Waals surface area contributed by atoms with Crippen LogP contribution >= 0.6 is 0 Å². The first-order valence-electron chi connectivity index (χ1n) is 9.67. The first-order valence-corrected chi connectivity index (χ1v) is 9.67. The van der Waals surface area contributed by atoms with Gasteiger partial charge in [0.25, 0.3) is 5.56 Å². The van der Waals surface area contributed by atoms with Crippen molar-refractivity contribution in [3.63, 3.8) is 0 Å². The smallest absolute Gasteiger partial charge is 0.264 e. The fraction of sp³-hybridized carbons (Fsp3) is 0.286. The summed E-state index contributed by atoms with van der Waals surface area (Å²) in [7, 11) is 0. The maximum Gasteiger partial charge on any atom is 0.264 e. The Morgan fingerprint density at radius 2 is 1.97 bits per heavy atom. The molecule has 3 aromatic heterocycles. The minimum atomic E-state index is -0.741. The van der Waals surface area contributed by atoms with Crippen LogP contribution in [-0.2, 0) is 0 Å². The van der Waals surface area contributed by atoms with Crippen LogP contribution in [0.3, 0.4) is 0 Å². The van der Waals surface area contributed by atoms with Crippen molar-refractivity contribution in [1.29, 1.82) is 0 Å². The molecule has 4 heterocycles. The highest BCUT2D eigenvalue weighted by Crippen LogP contribution is 2.27. The third-order valence-corrected chi connectivity index (χ3v) is 5.57. The molecule has 1 aliphatic heterocycles. The molecule has 1 aliphatic rings. The van der Waals surface area contributed by atoms with Gasteiger partial charge in [0, 0.05) is 24.5 Å². The Kier molecular flexibility index (Phi) is 4.37. The molecule has 0 amide bonds. The van der Waals surface area contributed by atoms with Gasteiger partial charge in [0.05, 0.1) is 29.7 Å². The van der Waals surface area contributed by atoms with Gasteiger partial charge in [-0.05, 0) is 43.7 Å². The van der Waals surface area contributed by atoms with Gasteiger partial charge in [0.1, 0.15) is 11.2 Å². The van der Waals surface area contributed by atoms with E-state index >= 15 is 4.39 Å². The van der Waals surface area contributed by atoms with Gasteiger partial charge in [0.2, 0.25) is 0 Å². The quantitative estimate of drug-likeness (QED) is 0.528. The van der Waals surface area contributed by atoms with Gasteiger partial charge < -0.3 is 14.8 Å². The number of halogens is 2. The molecule has 0 unspecified atom stereocenters. The number of rotatable bonds is 2. The molecule has 0 spiro atoms. The molecule has 9 heteroatoms. The Hall–Kier alpha value is -3.17. The second-order valence-corrected chi connectivity index (χ2v) is 7.63. The predicted octanol–water partition coefficient (Wildman–Crippen LogP) is 2.19. The lowest BCUT2D eigenvalue weighted by molar-refractivity contribution is 0.0823. The largest absolute Gasteiger partial charge is 0.391 e. The van der Waals surface area contributed by atoms with E-state index in [0.717, 1.165) is 0 Å². The summed E-state index contributed by atoms with van der Waals surface area (Å²) in [6.45, 7) is 2.82. The standard InChI is InChI=1S/C21H19F2N5O2/c1-11-8-27-9-13(5-15(23)20(27)26-11)12-4-14(22)19-16(6-12)25-10-28(21(19)30)17-7-24-3-2-18(17)29/h4-6,8-10,17-18,24,29H,2-3,7H2,1H3/t17-,18+/m1/s1. The number of hydrogen-bond acceptors (Lipinski definition) is 5. The van der Waals surface area contributed by atoms with Crippen LogP contribution in [0.5, 0.6) is 0 Å². The highest BCUT2D eigenvalue weighted by molar-refractivity contribution is 5.84. The van der Waals surface area contributed by atoms with Gasteiger partial charge >= 0.3 is 0 Å². The summed E-state index contributed by atoms with van der Waals surface area (Å²) in [4.78, 5) is 21.3. The second kappa shape index (κ2) is 6.96. The van der Waals surface area contributed by atoms with Gasteiger partial charge in [-0.25, -0.2) is 18.7 Å². The molecule has 30 heavy (non-hydrogen) atoms. The third kappa shape index (κ3) is 2.98. The van der Waals surface area contributed by atoms with Crippen molar-refractivity contribution in [2.75, 3.05) is 13.1 Å². The molecule has 0 bridgehead atoms. The number of nitrogens with one attached hydrogen (secondary N) is 1. The Balaban J connectivity index is 1.64. The van der Waals surface area contributed by atoms with Gasteiger partial charge in [-0.1, -0.05) is 0 Å². The van der Waals surface area contributed by atoms with E-state index in [4.69, 9.17) is 0 Å². The van der Waals surface area contributed by atoms with Gasteiger partial charge in [-0.15, -0.1) is 0 Å². The molecular formula is C21H19F2N5O2. The predicted molar refractivity (Wildman–Crippen MR) is 107 cm³/mol. The van der Waals surface area contributed by atoms with E-state index in [1.807, 2.05) is 0 Å². The van der Waals surface area contributed by atoms with E-state index in [0.29, 0.717) is 36.3 Å². The molecule has 2 N–H and O–H groups in total. The molecular weight excluding hydrogens is 392 g/mol. The van der Waals surface area contributed by atoms with Gasteiger partial charge in [0.15, 0.2) is 11.5 Å². The summed E-state index contributed by atoms with van der Waals surface area (Å²) >= 11 is 0. The summed E-state index contributed by atoms with van der Waals surface area (Å²) in [6, 6.07) is 3.54. The Labute approximate surface area is 169 Å². The van der Waals surface area contributed by atoms with Crippen molar-refractivity contribution in [2.45, 2.75) is 25.5 Å². The van der Waals surface area contributed by atoms with Crippen molar-refractivity contribution < 1.29 is 13.9 Å².